The van der Waals surface area contributed by atoms with Crippen LogP contribution in [0, 0.1) is 0 Å². The van der Waals surface area contributed by atoms with E-state index < -0.39 is 5.60 Å². The van der Waals surface area contributed by atoms with Gasteiger partial charge in [0.15, 0.2) is 5.82 Å². The minimum Gasteiger partial charge on any atom is -0.444 e. The first-order valence-electron chi connectivity index (χ1n) is 8.39. The van der Waals surface area contributed by atoms with E-state index >= 15 is 0 Å². The van der Waals surface area contributed by atoms with Gasteiger partial charge in [0.2, 0.25) is 0 Å². The Morgan fingerprint density at radius 3 is 2.52 bits per heavy atom. The van der Waals surface area contributed by atoms with Crippen molar-refractivity contribution < 1.29 is 9.53 Å². The molecule has 0 aromatic carbocycles. The molecule has 0 aliphatic heterocycles. The maximum absolute atomic E-state index is 11.8. The third kappa shape index (κ3) is 6.56. The van der Waals surface area contributed by atoms with Crippen LogP contribution in [0.25, 0.3) is 0 Å². The first kappa shape index (κ1) is 17.7. The second-order valence-electron chi connectivity index (χ2n) is 7.23. The summed E-state index contributed by atoms with van der Waals surface area (Å²) >= 11 is 0. The quantitative estimate of drug-likeness (QED) is 0.863. The number of ether oxygens (including phenoxy) is 1. The van der Waals surface area contributed by atoms with E-state index in [1.54, 1.807) is 11.0 Å². The fourth-order valence-electron chi connectivity index (χ4n) is 2.80. The Balaban J connectivity index is 1.61. The molecule has 0 unspecified atom stereocenters. The smallest absolute Gasteiger partial charge is 0.407 e. The van der Waals surface area contributed by atoms with Crippen LogP contribution in [-0.4, -0.2) is 45.1 Å². The average molecular weight is 323 g/mol. The maximum atomic E-state index is 11.8. The van der Waals surface area contributed by atoms with Gasteiger partial charge in [0.1, 0.15) is 11.9 Å². The molecule has 0 spiro atoms. The van der Waals surface area contributed by atoms with E-state index in [0.29, 0.717) is 6.04 Å². The standard InChI is InChI=1S/C16H29N5O2/c1-16(2,3)23-15(22)19-13-7-5-12(6-8-13)17-10-9-14-18-11-21(4)20-14/h11-13,17H,5-10H2,1-4H3,(H,19,22). The summed E-state index contributed by atoms with van der Waals surface area (Å²) in [5.41, 5.74) is -0.442. The summed E-state index contributed by atoms with van der Waals surface area (Å²) in [7, 11) is 1.88. The molecular weight excluding hydrogens is 294 g/mol. The highest BCUT2D eigenvalue weighted by Crippen LogP contribution is 2.19. The van der Waals surface area contributed by atoms with Gasteiger partial charge in [0.05, 0.1) is 0 Å². The van der Waals surface area contributed by atoms with Crippen LogP contribution >= 0.6 is 0 Å². The topological polar surface area (TPSA) is 81.1 Å². The molecule has 130 valence electrons. The van der Waals surface area contributed by atoms with Crippen LogP contribution in [0.3, 0.4) is 0 Å². The van der Waals surface area contributed by atoms with Crippen molar-refractivity contribution in [3.63, 3.8) is 0 Å². The second-order valence-corrected chi connectivity index (χ2v) is 7.23. The Morgan fingerprint density at radius 1 is 1.30 bits per heavy atom. The SMILES string of the molecule is Cn1cnc(CCNC2CCC(NC(=O)OC(C)(C)C)CC2)n1. The van der Waals surface area contributed by atoms with Crippen LogP contribution in [0.2, 0.25) is 0 Å². The Morgan fingerprint density at radius 2 is 1.96 bits per heavy atom. The number of hydrogen-bond donors (Lipinski definition) is 2. The first-order chi connectivity index (χ1) is 10.8. The van der Waals surface area contributed by atoms with Gasteiger partial charge in [-0.05, 0) is 46.5 Å². The average Bonchev–Trinajstić information content (AvgIpc) is 2.84. The highest BCUT2D eigenvalue weighted by molar-refractivity contribution is 5.68. The highest BCUT2D eigenvalue weighted by Gasteiger charge is 2.24. The number of nitrogens with zero attached hydrogens (tertiary/aromatic N) is 3. The van der Waals surface area contributed by atoms with Crippen molar-refractivity contribution in [3.8, 4) is 0 Å². The third-order valence-corrected chi connectivity index (χ3v) is 3.88. The van der Waals surface area contributed by atoms with E-state index in [0.717, 1.165) is 44.5 Å². The van der Waals surface area contributed by atoms with Crippen molar-refractivity contribution in [1.82, 2.24) is 25.4 Å². The molecule has 7 nitrogen and oxygen atoms in total. The molecule has 7 heteroatoms. The normalized spacial score (nSPS) is 21.9. The van der Waals surface area contributed by atoms with Gasteiger partial charge in [-0.3, -0.25) is 4.68 Å². The fourth-order valence-corrected chi connectivity index (χ4v) is 2.80. The molecule has 1 amide bonds. The lowest BCUT2D eigenvalue weighted by Gasteiger charge is -2.30. The van der Waals surface area contributed by atoms with Crippen LogP contribution in [0.4, 0.5) is 4.79 Å². The van der Waals surface area contributed by atoms with Gasteiger partial charge >= 0.3 is 6.09 Å². The molecule has 1 fully saturated rings. The lowest BCUT2D eigenvalue weighted by atomic mass is 9.91. The number of amides is 1. The minimum atomic E-state index is -0.442. The maximum Gasteiger partial charge on any atom is 0.407 e. The van der Waals surface area contributed by atoms with Gasteiger partial charge in [0, 0.05) is 32.1 Å². The van der Waals surface area contributed by atoms with Crippen molar-refractivity contribution in [2.24, 2.45) is 7.05 Å². The predicted molar refractivity (Wildman–Crippen MR) is 88.1 cm³/mol. The fraction of sp³-hybridized carbons (Fsp3) is 0.812. The number of aromatic nitrogens is 3. The Hall–Kier alpha value is -1.63. The van der Waals surface area contributed by atoms with Crippen LogP contribution in [-0.2, 0) is 18.2 Å². The summed E-state index contributed by atoms with van der Waals surface area (Å²) in [5, 5.41) is 10.8. The lowest BCUT2D eigenvalue weighted by molar-refractivity contribution is 0.0490. The van der Waals surface area contributed by atoms with Crippen LogP contribution in [0.15, 0.2) is 6.33 Å². The molecule has 0 atom stereocenters. The molecule has 2 rings (SSSR count). The van der Waals surface area contributed by atoms with E-state index in [9.17, 15) is 4.79 Å². The monoisotopic (exact) mass is 323 g/mol. The highest BCUT2D eigenvalue weighted by atomic mass is 16.6. The Labute approximate surface area is 138 Å². The van der Waals surface area contributed by atoms with E-state index in [2.05, 4.69) is 20.7 Å². The second kappa shape index (κ2) is 7.77. The molecule has 1 aromatic rings. The molecule has 1 aromatic heterocycles. The van der Waals surface area contributed by atoms with Crippen LogP contribution < -0.4 is 10.6 Å². The van der Waals surface area contributed by atoms with E-state index in [1.807, 2.05) is 27.8 Å². The van der Waals surface area contributed by atoms with Gasteiger partial charge in [-0.1, -0.05) is 0 Å². The molecular formula is C16H29N5O2. The number of aryl methyl sites for hydroxylation is 1. The summed E-state index contributed by atoms with van der Waals surface area (Å²) in [6.07, 6.45) is 6.36. The third-order valence-electron chi connectivity index (χ3n) is 3.88. The minimum absolute atomic E-state index is 0.223. The summed E-state index contributed by atoms with van der Waals surface area (Å²) in [6.45, 7) is 6.52. The van der Waals surface area contributed by atoms with Crippen molar-refractivity contribution in [1.29, 1.82) is 0 Å². The van der Waals surface area contributed by atoms with Gasteiger partial charge in [-0.2, -0.15) is 5.10 Å². The number of nitrogens with one attached hydrogen (secondary N) is 2. The predicted octanol–water partition coefficient (Wildman–Crippen LogP) is 1.78. The molecule has 1 aliphatic rings. The number of rotatable bonds is 5. The number of carbonyl (C=O) groups is 1. The van der Waals surface area contributed by atoms with E-state index in [1.165, 1.54) is 0 Å². The van der Waals surface area contributed by atoms with Crippen molar-refractivity contribution in [2.75, 3.05) is 6.54 Å². The van der Waals surface area contributed by atoms with Gasteiger partial charge in [-0.25, -0.2) is 9.78 Å². The molecule has 1 saturated carbocycles. The zero-order valence-corrected chi connectivity index (χ0v) is 14.6. The molecule has 1 aliphatic carbocycles. The van der Waals surface area contributed by atoms with Crippen molar-refractivity contribution in [2.45, 2.75) is 70.6 Å². The summed E-state index contributed by atoms with van der Waals surface area (Å²) in [5.74, 6) is 0.875. The zero-order chi connectivity index (χ0) is 16.9. The van der Waals surface area contributed by atoms with E-state index in [-0.39, 0.29) is 12.1 Å². The van der Waals surface area contributed by atoms with E-state index in [4.69, 9.17) is 4.74 Å². The van der Waals surface area contributed by atoms with Gasteiger partial charge < -0.3 is 15.4 Å². The molecule has 0 saturated heterocycles. The summed E-state index contributed by atoms with van der Waals surface area (Å²) < 4.78 is 7.03. The summed E-state index contributed by atoms with van der Waals surface area (Å²) in [6, 6.07) is 0.732. The van der Waals surface area contributed by atoms with Crippen molar-refractivity contribution in [3.05, 3.63) is 12.2 Å². The largest absolute Gasteiger partial charge is 0.444 e. The van der Waals surface area contributed by atoms with Crippen molar-refractivity contribution >= 4 is 6.09 Å². The Kier molecular flexibility index (Phi) is 5.98. The zero-order valence-electron chi connectivity index (χ0n) is 14.6. The lowest BCUT2D eigenvalue weighted by Crippen LogP contribution is -2.44. The number of hydrogen-bond acceptors (Lipinski definition) is 5. The molecule has 0 bridgehead atoms. The molecule has 0 radical (unpaired) electrons. The molecule has 2 N–H and O–H groups in total. The molecule has 1 heterocycles. The van der Waals surface area contributed by atoms with Gasteiger partial charge in [-0.15, -0.1) is 0 Å². The summed E-state index contributed by atoms with van der Waals surface area (Å²) in [4.78, 5) is 16.0. The van der Waals surface area contributed by atoms with Crippen LogP contribution in [0.1, 0.15) is 52.3 Å². The number of carbonyl (C=O) groups excluding carboxylic acids is 1. The number of alkyl carbamates (subject to hydrolysis) is 1. The van der Waals surface area contributed by atoms with Gasteiger partial charge in [0.25, 0.3) is 0 Å². The molecule has 23 heavy (non-hydrogen) atoms. The first-order valence-corrected chi connectivity index (χ1v) is 8.39. The van der Waals surface area contributed by atoms with Crippen LogP contribution in [0.5, 0.6) is 0 Å². The Bertz CT molecular complexity index is 501.